The molecule has 4 rings (SSSR count). The molecule has 0 radical (unpaired) electrons. The van der Waals surface area contributed by atoms with E-state index in [1.165, 1.54) is 18.9 Å². The molecule has 0 saturated heterocycles. The summed E-state index contributed by atoms with van der Waals surface area (Å²) < 4.78 is 12.9. The number of nitrogens with one attached hydrogen (secondary N) is 1. The first kappa shape index (κ1) is 23.9. The molecule has 1 heterocycles. The van der Waals surface area contributed by atoms with E-state index < -0.39 is 0 Å². The van der Waals surface area contributed by atoms with Gasteiger partial charge in [0.15, 0.2) is 11.0 Å². The second kappa shape index (κ2) is 11.3. The minimum atomic E-state index is -0.201. The maximum absolute atomic E-state index is 12.5. The molecule has 34 heavy (non-hydrogen) atoms. The number of nitrogens with zero attached hydrogens (tertiary/aromatic N) is 3. The Labute approximate surface area is 211 Å². The van der Waals surface area contributed by atoms with Crippen LogP contribution in [-0.4, -0.2) is 33.5 Å². The van der Waals surface area contributed by atoms with Gasteiger partial charge in [-0.15, -0.1) is 10.2 Å². The van der Waals surface area contributed by atoms with E-state index in [2.05, 4.69) is 15.5 Å². The lowest BCUT2D eigenvalue weighted by Gasteiger charge is -2.11. The highest BCUT2D eigenvalue weighted by atomic mass is 35.5. The summed E-state index contributed by atoms with van der Waals surface area (Å²) in [5.74, 6) is 1.74. The van der Waals surface area contributed by atoms with Crippen molar-refractivity contribution in [3.63, 3.8) is 0 Å². The van der Waals surface area contributed by atoms with Crippen molar-refractivity contribution in [2.75, 3.05) is 18.2 Å². The number of methoxy groups -OCH3 is 1. The lowest BCUT2D eigenvalue weighted by Crippen LogP contribution is -2.15. The molecule has 0 saturated carbocycles. The topological polar surface area (TPSA) is 78.3 Å². The zero-order valence-electron chi connectivity index (χ0n) is 18.1. The number of thioether (sulfide) groups is 1. The number of halogens is 2. The van der Waals surface area contributed by atoms with Crippen LogP contribution in [0, 0.1) is 0 Å². The van der Waals surface area contributed by atoms with Crippen molar-refractivity contribution in [1.29, 1.82) is 0 Å². The zero-order valence-corrected chi connectivity index (χ0v) is 20.4. The fourth-order valence-corrected chi connectivity index (χ4v) is 4.23. The van der Waals surface area contributed by atoms with Crippen LogP contribution in [0.15, 0.2) is 78.0 Å². The Morgan fingerprint density at radius 1 is 1.03 bits per heavy atom. The van der Waals surface area contributed by atoms with Gasteiger partial charge in [-0.1, -0.05) is 53.2 Å². The molecule has 1 amide bonds. The van der Waals surface area contributed by atoms with E-state index in [4.69, 9.17) is 32.7 Å². The molecule has 0 fully saturated rings. The molecule has 10 heteroatoms. The van der Waals surface area contributed by atoms with Crippen molar-refractivity contribution < 1.29 is 14.3 Å². The number of para-hydroxylation sites is 1. The summed E-state index contributed by atoms with van der Waals surface area (Å²) in [6, 6.07) is 21.8. The molecule has 0 aliphatic heterocycles. The van der Waals surface area contributed by atoms with Crippen LogP contribution in [0.4, 0.5) is 5.69 Å². The minimum Gasteiger partial charge on any atom is -0.495 e. The Kier molecular flexibility index (Phi) is 7.95. The van der Waals surface area contributed by atoms with Gasteiger partial charge in [0.2, 0.25) is 5.91 Å². The molecule has 3 aromatic carbocycles. The Morgan fingerprint density at radius 3 is 2.50 bits per heavy atom. The molecule has 1 N–H and O–H groups in total. The van der Waals surface area contributed by atoms with E-state index in [9.17, 15) is 4.79 Å². The fraction of sp³-hybridized carbons (Fsp3) is 0.125. The number of rotatable bonds is 9. The molecule has 7 nitrogen and oxygen atoms in total. The van der Waals surface area contributed by atoms with Crippen LogP contribution >= 0.6 is 35.0 Å². The van der Waals surface area contributed by atoms with Gasteiger partial charge < -0.3 is 14.8 Å². The van der Waals surface area contributed by atoms with Gasteiger partial charge in [-0.2, -0.15) is 0 Å². The van der Waals surface area contributed by atoms with E-state index in [1.54, 1.807) is 42.5 Å². The highest BCUT2D eigenvalue weighted by molar-refractivity contribution is 7.99. The minimum absolute atomic E-state index is 0.132. The molecular formula is C24H20Cl2N4O3S. The Bertz CT molecular complexity index is 1270. The number of hydrogen-bond donors (Lipinski definition) is 1. The fourth-order valence-electron chi connectivity index (χ4n) is 3.07. The van der Waals surface area contributed by atoms with Crippen molar-refractivity contribution in [2.24, 2.45) is 0 Å². The van der Waals surface area contributed by atoms with Crippen LogP contribution in [0.25, 0.3) is 5.69 Å². The van der Waals surface area contributed by atoms with Crippen molar-refractivity contribution in [1.82, 2.24) is 14.8 Å². The third kappa shape index (κ3) is 6.02. The quantitative estimate of drug-likeness (QED) is 0.280. The molecule has 0 spiro atoms. The smallest absolute Gasteiger partial charge is 0.234 e. The van der Waals surface area contributed by atoms with Crippen LogP contribution in [0.5, 0.6) is 11.5 Å². The summed E-state index contributed by atoms with van der Waals surface area (Å²) in [4.78, 5) is 12.5. The third-order valence-electron chi connectivity index (χ3n) is 4.66. The highest BCUT2D eigenvalue weighted by Crippen LogP contribution is 2.28. The Morgan fingerprint density at radius 2 is 1.79 bits per heavy atom. The number of anilines is 1. The number of carbonyl (C=O) groups excluding carboxylic acids is 1. The summed E-state index contributed by atoms with van der Waals surface area (Å²) in [5, 5.41) is 13.0. The van der Waals surface area contributed by atoms with Gasteiger partial charge in [0, 0.05) is 16.4 Å². The number of ether oxygens (including phenoxy) is 2. The van der Waals surface area contributed by atoms with E-state index in [1.807, 2.05) is 34.9 Å². The normalized spacial score (nSPS) is 10.7. The molecule has 0 atom stereocenters. The number of hydrogen-bond acceptors (Lipinski definition) is 6. The highest BCUT2D eigenvalue weighted by Gasteiger charge is 2.17. The van der Waals surface area contributed by atoms with Crippen molar-refractivity contribution in [3.8, 4) is 17.2 Å². The average Bonchev–Trinajstić information content (AvgIpc) is 3.26. The Hall–Kier alpha value is -3.20. The third-order valence-corrected chi connectivity index (χ3v) is 6.14. The van der Waals surface area contributed by atoms with Crippen LogP contribution in [0.3, 0.4) is 0 Å². The van der Waals surface area contributed by atoms with E-state index >= 15 is 0 Å². The summed E-state index contributed by atoms with van der Waals surface area (Å²) in [6.07, 6.45) is 0. The second-order valence-corrected chi connectivity index (χ2v) is 8.78. The van der Waals surface area contributed by atoms with Crippen molar-refractivity contribution >= 4 is 46.6 Å². The SMILES string of the molecule is COc1ccc(NC(=O)CSc2nnc(COc3ccc(Cl)cc3)n2-c2ccccc2)cc1Cl. The van der Waals surface area contributed by atoms with Crippen LogP contribution in [-0.2, 0) is 11.4 Å². The molecule has 0 unspecified atom stereocenters. The maximum Gasteiger partial charge on any atom is 0.234 e. The monoisotopic (exact) mass is 514 g/mol. The number of aromatic nitrogens is 3. The number of carbonyl (C=O) groups is 1. The molecule has 1 aromatic heterocycles. The lowest BCUT2D eigenvalue weighted by atomic mass is 10.3. The first-order valence-electron chi connectivity index (χ1n) is 10.2. The molecular weight excluding hydrogens is 495 g/mol. The van der Waals surface area contributed by atoms with Crippen LogP contribution in [0.1, 0.15) is 5.82 Å². The number of benzene rings is 3. The molecule has 0 aliphatic rings. The first-order valence-corrected chi connectivity index (χ1v) is 11.9. The molecule has 174 valence electrons. The van der Waals surface area contributed by atoms with E-state index in [-0.39, 0.29) is 18.3 Å². The largest absolute Gasteiger partial charge is 0.495 e. The predicted octanol–water partition coefficient (Wildman–Crippen LogP) is 5.89. The lowest BCUT2D eigenvalue weighted by molar-refractivity contribution is -0.113. The zero-order chi connectivity index (χ0) is 23.9. The Balaban J connectivity index is 1.47. The summed E-state index contributed by atoms with van der Waals surface area (Å²) in [5.41, 5.74) is 1.45. The van der Waals surface area contributed by atoms with Gasteiger partial charge in [-0.3, -0.25) is 9.36 Å². The summed E-state index contributed by atoms with van der Waals surface area (Å²) >= 11 is 13.4. The van der Waals surface area contributed by atoms with Gasteiger partial charge in [-0.25, -0.2) is 0 Å². The first-order chi connectivity index (χ1) is 16.5. The summed E-state index contributed by atoms with van der Waals surface area (Å²) in [7, 11) is 1.54. The van der Waals surface area contributed by atoms with Gasteiger partial charge in [0.1, 0.15) is 18.1 Å². The standard InChI is InChI=1S/C24H20Cl2N4O3S/c1-32-21-12-9-17(13-20(21)26)27-23(31)15-34-24-29-28-22(30(24)18-5-3-2-4-6-18)14-33-19-10-7-16(25)8-11-19/h2-13H,14-15H2,1H3,(H,27,31). The van der Waals surface area contributed by atoms with Gasteiger partial charge in [-0.05, 0) is 54.6 Å². The van der Waals surface area contributed by atoms with Crippen molar-refractivity contribution in [3.05, 3.63) is 88.7 Å². The summed E-state index contributed by atoms with van der Waals surface area (Å²) in [6.45, 7) is 0.195. The van der Waals surface area contributed by atoms with Crippen LogP contribution < -0.4 is 14.8 Å². The molecule has 0 aliphatic carbocycles. The van der Waals surface area contributed by atoms with Crippen LogP contribution in [0.2, 0.25) is 10.0 Å². The predicted molar refractivity (Wildman–Crippen MR) is 135 cm³/mol. The molecule has 4 aromatic rings. The van der Waals surface area contributed by atoms with E-state index in [0.717, 1.165) is 5.69 Å². The van der Waals surface area contributed by atoms with Gasteiger partial charge >= 0.3 is 0 Å². The van der Waals surface area contributed by atoms with Gasteiger partial charge in [0.05, 0.1) is 17.9 Å². The van der Waals surface area contributed by atoms with Gasteiger partial charge in [0.25, 0.3) is 0 Å². The molecule has 0 bridgehead atoms. The van der Waals surface area contributed by atoms with E-state index in [0.29, 0.717) is 38.2 Å². The second-order valence-electron chi connectivity index (χ2n) is 7.00. The average molecular weight is 515 g/mol. The van der Waals surface area contributed by atoms with Crippen molar-refractivity contribution in [2.45, 2.75) is 11.8 Å². The number of amides is 1. The maximum atomic E-state index is 12.5.